The quantitative estimate of drug-likeness (QED) is 0.350. The van der Waals surface area contributed by atoms with Crippen molar-refractivity contribution < 1.29 is 37.1 Å². The Balaban J connectivity index is 1.31. The van der Waals surface area contributed by atoms with E-state index in [0.717, 1.165) is 10.8 Å². The number of sulfonamides is 1. The summed E-state index contributed by atoms with van der Waals surface area (Å²) < 4.78 is 39.6. The second kappa shape index (κ2) is 13.8. The van der Waals surface area contributed by atoms with Crippen LogP contribution in [0.2, 0.25) is 0 Å². The van der Waals surface area contributed by atoms with Gasteiger partial charge in [-0.3, -0.25) is 19.2 Å². The maximum Gasteiger partial charge on any atom is 0.310 e. The molecule has 5 atom stereocenters. The molecule has 248 valence electrons. The molecule has 12 nitrogen and oxygen atoms in total. The summed E-state index contributed by atoms with van der Waals surface area (Å²) in [5, 5.41) is 7.37. The number of ether oxygens (including phenoxy) is 2. The lowest BCUT2D eigenvalue weighted by molar-refractivity contribution is -0.165. The molecule has 3 aromatic carbocycles. The Hall–Kier alpha value is -4.33. The first-order valence-corrected chi connectivity index (χ1v) is 17.4. The fourth-order valence-corrected chi connectivity index (χ4v) is 8.22. The van der Waals surface area contributed by atoms with Gasteiger partial charge in [-0.15, -0.1) is 0 Å². The van der Waals surface area contributed by atoms with Crippen molar-refractivity contribution in [3.63, 3.8) is 0 Å². The lowest BCUT2D eigenvalue weighted by Crippen LogP contribution is -2.69. The fraction of sp³-hybridized carbons (Fsp3) is 0.412. The predicted molar refractivity (Wildman–Crippen MR) is 171 cm³/mol. The number of cyclic esters (lactones) is 1. The molecule has 3 amide bonds. The number of hydrogen-bond acceptors (Lipinski definition) is 8. The number of nitrogens with zero attached hydrogens (tertiary/aromatic N) is 2. The van der Waals surface area contributed by atoms with Crippen molar-refractivity contribution in [3.05, 3.63) is 78.4 Å². The predicted octanol–water partition coefficient (Wildman–Crippen LogP) is 2.58. The first-order valence-electron chi connectivity index (χ1n) is 15.9. The topological polar surface area (TPSA) is 151 Å². The minimum absolute atomic E-state index is 0.0106. The summed E-state index contributed by atoms with van der Waals surface area (Å²) in [6.45, 7) is 1.65. The van der Waals surface area contributed by atoms with Crippen LogP contribution in [0.5, 0.6) is 0 Å². The van der Waals surface area contributed by atoms with Gasteiger partial charge in [0.2, 0.25) is 28.1 Å². The normalized spacial score (nSPS) is 25.4. The smallest absolute Gasteiger partial charge is 0.310 e. The van der Waals surface area contributed by atoms with Gasteiger partial charge in [-0.05, 0) is 48.7 Å². The van der Waals surface area contributed by atoms with E-state index in [-0.39, 0.29) is 31.0 Å². The maximum atomic E-state index is 14.4. The van der Waals surface area contributed by atoms with Crippen LogP contribution < -0.4 is 10.6 Å². The molecule has 3 heterocycles. The van der Waals surface area contributed by atoms with Crippen molar-refractivity contribution in [1.82, 2.24) is 19.8 Å². The summed E-state index contributed by atoms with van der Waals surface area (Å²) in [6.07, 6.45) is 0.964. The van der Waals surface area contributed by atoms with E-state index in [9.17, 15) is 27.6 Å². The van der Waals surface area contributed by atoms with Crippen molar-refractivity contribution >= 4 is 44.5 Å². The van der Waals surface area contributed by atoms with Crippen LogP contribution in [0.15, 0.2) is 77.7 Å². The zero-order chi connectivity index (χ0) is 33.1. The molecular formula is C34H38N4O8S. The minimum atomic E-state index is -4.02. The molecule has 47 heavy (non-hydrogen) atoms. The van der Waals surface area contributed by atoms with E-state index in [1.54, 1.807) is 37.3 Å². The van der Waals surface area contributed by atoms with Gasteiger partial charge in [0, 0.05) is 31.3 Å². The van der Waals surface area contributed by atoms with Crippen LogP contribution in [0, 0.1) is 0 Å². The minimum Gasteiger partial charge on any atom is -0.433 e. The number of esters is 1. The summed E-state index contributed by atoms with van der Waals surface area (Å²) in [7, 11) is -4.02. The number of carbonyl (C=O) groups is 4. The van der Waals surface area contributed by atoms with Crippen LogP contribution in [-0.4, -0.2) is 91.5 Å². The average Bonchev–Trinajstić information content (AvgIpc) is 3.42. The Labute approximate surface area is 273 Å². The monoisotopic (exact) mass is 662 g/mol. The number of carbonyl (C=O) groups excluding carboxylic acids is 4. The van der Waals surface area contributed by atoms with Crippen LogP contribution in [0.4, 0.5) is 0 Å². The summed E-state index contributed by atoms with van der Waals surface area (Å²) in [4.78, 5) is 55.8. The Kier molecular flexibility index (Phi) is 9.57. The van der Waals surface area contributed by atoms with E-state index >= 15 is 0 Å². The van der Waals surface area contributed by atoms with Gasteiger partial charge in [-0.1, -0.05) is 67.4 Å². The molecule has 0 spiro atoms. The largest absolute Gasteiger partial charge is 0.433 e. The lowest BCUT2D eigenvalue weighted by atomic mass is 9.94. The first-order chi connectivity index (χ1) is 22.7. The number of nitrogens with one attached hydrogen (secondary N) is 2. The highest BCUT2D eigenvalue weighted by Crippen LogP contribution is 2.30. The fourth-order valence-electron chi connectivity index (χ4n) is 6.72. The van der Waals surface area contributed by atoms with Crippen molar-refractivity contribution in [2.24, 2.45) is 0 Å². The van der Waals surface area contributed by atoms with E-state index < -0.39 is 64.2 Å². The van der Waals surface area contributed by atoms with Gasteiger partial charge in [0.05, 0.1) is 11.3 Å². The van der Waals surface area contributed by atoms with Crippen LogP contribution in [0.1, 0.15) is 49.4 Å². The van der Waals surface area contributed by atoms with Crippen LogP contribution >= 0.6 is 0 Å². The van der Waals surface area contributed by atoms with Crippen molar-refractivity contribution in [1.29, 1.82) is 0 Å². The van der Waals surface area contributed by atoms with Gasteiger partial charge in [0.15, 0.2) is 0 Å². The standard InChI is InChI=1S/C34H38N4O8S/c1-2-45-34-28(19-30(39)46-34)36-32(41)29-21-37(47(43,44)24-14-4-3-5-15-24)20-23-13-7-9-18-27(33(42)38(23)29)35-31(40)26-17-10-12-22-11-6-8-16-25(22)26/h3-6,8,10-12,14-17,23,27-29,34H,2,7,9,13,18-21H2,1H3,(H,35,40)(H,36,41)/t23-,27-,28?,29-,34?/m0/s1. The number of amides is 3. The summed E-state index contributed by atoms with van der Waals surface area (Å²) >= 11 is 0. The molecule has 3 fully saturated rings. The molecule has 0 aliphatic carbocycles. The van der Waals surface area contributed by atoms with E-state index in [1.165, 1.54) is 21.3 Å². The summed E-state index contributed by atoms with van der Waals surface area (Å²) in [6, 6.07) is 17.2. The second-order valence-electron chi connectivity index (χ2n) is 12.0. The molecule has 3 aliphatic rings. The zero-order valence-electron chi connectivity index (χ0n) is 26.0. The van der Waals surface area contributed by atoms with E-state index in [0.29, 0.717) is 31.2 Å². The molecule has 3 aromatic rings. The van der Waals surface area contributed by atoms with E-state index in [2.05, 4.69) is 10.6 Å². The van der Waals surface area contributed by atoms with E-state index in [1.807, 2.05) is 30.3 Å². The molecular weight excluding hydrogens is 624 g/mol. The molecule has 0 saturated carbocycles. The number of piperazine rings is 1. The Morgan fingerprint density at radius 2 is 1.64 bits per heavy atom. The number of hydrogen-bond donors (Lipinski definition) is 2. The van der Waals surface area contributed by atoms with Gasteiger partial charge in [-0.25, -0.2) is 8.42 Å². The van der Waals surface area contributed by atoms with Gasteiger partial charge in [0.25, 0.3) is 5.91 Å². The van der Waals surface area contributed by atoms with Crippen LogP contribution in [-0.2, 0) is 33.9 Å². The third-order valence-electron chi connectivity index (χ3n) is 9.00. The average molecular weight is 663 g/mol. The first kappa shape index (κ1) is 32.6. The molecule has 3 aliphatic heterocycles. The molecule has 3 saturated heterocycles. The van der Waals surface area contributed by atoms with Crippen molar-refractivity contribution in [2.75, 3.05) is 19.7 Å². The number of benzene rings is 3. The van der Waals surface area contributed by atoms with Crippen LogP contribution in [0.3, 0.4) is 0 Å². The molecule has 13 heteroatoms. The Bertz CT molecular complexity index is 1760. The SMILES string of the molecule is CCOC1OC(=O)CC1NC(=O)[C@@H]1CN(S(=O)(=O)c2ccccc2)C[C@@H]2CCCC[C@H](NC(=O)c3cccc4ccccc34)C(=O)N21. The third kappa shape index (κ3) is 6.74. The van der Waals surface area contributed by atoms with Crippen molar-refractivity contribution in [3.8, 4) is 0 Å². The zero-order valence-corrected chi connectivity index (χ0v) is 26.9. The maximum absolute atomic E-state index is 14.4. The molecule has 2 unspecified atom stereocenters. The highest BCUT2D eigenvalue weighted by molar-refractivity contribution is 7.89. The van der Waals surface area contributed by atoms with Gasteiger partial charge in [-0.2, -0.15) is 4.31 Å². The van der Waals surface area contributed by atoms with Crippen LogP contribution in [0.25, 0.3) is 10.8 Å². The summed E-state index contributed by atoms with van der Waals surface area (Å²) in [5.74, 6) is -2.05. The Morgan fingerprint density at radius 1 is 0.915 bits per heavy atom. The molecule has 2 N–H and O–H groups in total. The van der Waals surface area contributed by atoms with Gasteiger partial charge < -0.3 is 25.0 Å². The highest BCUT2D eigenvalue weighted by atomic mass is 32.2. The summed E-state index contributed by atoms with van der Waals surface area (Å²) in [5.41, 5.74) is 0.426. The highest BCUT2D eigenvalue weighted by Gasteiger charge is 2.48. The van der Waals surface area contributed by atoms with Crippen molar-refractivity contribution in [2.45, 2.75) is 74.4 Å². The number of rotatable bonds is 8. The molecule has 6 rings (SSSR count). The second-order valence-corrected chi connectivity index (χ2v) is 14.0. The lowest BCUT2D eigenvalue weighted by Gasteiger charge is -2.47. The van der Waals surface area contributed by atoms with E-state index in [4.69, 9.17) is 9.47 Å². The van der Waals surface area contributed by atoms with Gasteiger partial charge >= 0.3 is 5.97 Å². The third-order valence-corrected chi connectivity index (χ3v) is 10.8. The molecule has 0 bridgehead atoms. The Morgan fingerprint density at radius 3 is 2.43 bits per heavy atom. The van der Waals surface area contributed by atoms with Gasteiger partial charge in [0.1, 0.15) is 18.1 Å². The molecule has 0 aromatic heterocycles. The molecule has 0 radical (unpaired) electrons. The number of fused-ring (bicyclic) bond motifs is 2.